The molecule has 108 valence electrons. The van der Waals surface area contributed by atoms with Gasteiger partial charge in [-0.25, -0.2) is 0 Å². The fourth-order valence-electron chi connectivity index (χ4n) is 2.29. The highest BCUT2D eigenvalue weighted by molar-refractivity contribution is 7.87. The van der Waals surface area contributed by atoms with Crippen LogP contribution >= 0.6 is 0 Å². The van der Waals surface area contributed by atoms with Crippen LogP contribution in [0.15, 0.2) is 22.8 Å². The van der Waals surface area contributed by atoms with Crippen LogP contribution in [0.1, 0.15) is 31.6 Å². The Labute approximate surface area is 113 Å². The van der Waals surface area contributed by atoms with E-state index >= 15 is 0 Å². The second kappa shape index (κ2) is 6.04. The number of nitrogens with one attached hydrogen (secondary N) is 1. The van der Waals surface area contributed by atoms with Crippen LogP contribution < -0.4 is 4.72 Å². The van der Waals surface area contributed by atoms with Crippen LogP contribution in [0.2, 0.25) is 0 Å². The van der Waals surface area contributed by atoms with Gasteiger partial charge in [-0.15, -0.1) is 0 Å². The molecule has 6 nitrogen and oxygen atoms in total. The van der Waals surface area contributed by atoms with Crippen LogP contribution in [-0.2, 0) is 10.2 Å². The maximum atomic E-state index is 12.3. The Morgan fingerprint density at radius 2 is 2.42 bits per heavy atom. The quantitative estimate of drug-likeness (QED) is 0.842. The lowest BCUT2D eigenvalue weighted by molar-refractivity contribution is 0.233. The first-order valence-corrected chi connectivity index (χ1v) is 7.88. The molecule has 1 saturated heterocycles. The van der Waals surface area contributed by atoms with E-state index in [0.717, 1.165) is 12.8 Å². The Kier molecular flexibility index (Phi) is 4.62. The number of furan rings is 1. The summed E-state index contributed by atoms with van der Waals surface area (Å²) in [5.41, 5.74) is 0. The van der Waals surface area contributed by atoms with Crippen molar-refractivity contribution in [2.75, 3.05) is 19.7 Å². The molecule has 1 aromatic rings. The molecule has 2 rings (SSSR count). The Hall–Kier alpha value is -0.890. The van der Waals surface area contributed by atoms with E-state index < -0.39 is 16.3 Å². The van der Waals surface area contributed by atoms with Gasteiger partial charge in [0.05, 0.1) is 12.9 Å². The third-order valence-electron chi connectivity index (χ3n) is 3.32. The SMILES string of the molecule is CC1CCCN(S(=O)(=O)NC(CO)c2ccco2)C1. The predicted octanol–water partition coefficient (Wildman–Crippen LogP) is 0.879. The first kappa shape index (κ1) is 14.5. The van der Waals surface area contributed by atoms with Crippen LogP contribution in [0.5, 0.6) is 0 Å². The van der Waals surface area contributed by atoms with Gasteiger partial charge in [-0.1, -0.05) is 6.92 Å². The largest absolute Gasteiger partial charge is 0.468 e. The molecular weight excluding hydrogens is 268 g/mol. The fourth-order valence-corrected chi connectivity index (χ4v) is 3.81. The van der Waals surface area contributed by atoms with Gasteiger partial charge in [0.25, 0.3) is 10.2 Å². The summed E-state index contributed by atoms with van der Waals surface area (Å²) in [4.78, 5) is 0. The number of hydrogen-bond acceptors (Lipinski definition) is 4. The highest BCUT2D eigenvalue weighted by Crippen LogP contribution is 2.20. The molecule has 0 aliphatic carbocycles. The van der Waals surface area contributed by atoms with E-state index in [4.69, 9.17) is 4.42 Å². The third-order valence-corrected chi connectivity index (χ3v) is 4.91. The lowest BCUT2D eigenvalue weighted by Gasteiger charge is -2.31. The molecule has 1 fully saturated rings. The van der Waals surface area contributed by atoms with Crippen molar-refractivity contribution >= 4 is 10.2 Å². The second-order valence-corrected chi connectivity index (χ2v) is 6.68. The Bertz CT molecular complexity index is 486. The molecule has 19 heavy (non-hydrogen) atoms. The predicted molar refractivity (Wildman–Crippen MR) is 70.6 cm³/mol. The molecule has 0 saturated carbocycles. The first-order chi connectivity index (χ1) is 9.03. The molecule has 0 spiro atoms. The molecule has 0 bridgehead atoms. The van der Waals surface area contributed by atoms with Gasteiger partial charge < -0.3 is 9.52 Å². The molecule has 2 atom stereocenters. The maximum Gasteiger partial charge on any atom is 0.280 e. The van der Waals surface area contributed by atoms with Crippen molar-refractivity contribution in [3.05, 3.63) is 24.2 Å². The molecule has 0 amide bonds. The minimum atomic E-state index is -3.59. The van der Waals surface area contributed by atoms with E-state index in [1.165, 1.54) is 10.6 Å². The Morgan fingerprint density at radius 3 is 3.00 bits per heavy atom. The number of rotatable bonds is 5. The molecule has 1 aliphatic rings. The molecule has 1 aromatic heterocycles. The molecule has 7 heteroatoms. The number of hydrogen-bond donors (Lipinski definition) is 2. The number of aliphatic hydroxyl groups excluding tert-OH is 1. The van der Waals surface area contributed by atoms with Crippen LogP contribution in [0.3, 0.4) is 0 Å². The summed E-state index contributed by atoms with van der Waals surface area (Å²) >= 11 is 0. The van der Waals surface area contributed by atoms with Crippen LogP contribution in [0, 0.1) is 5.92 Å². The van der Waals surface area contributed by atoms with Crippen molar-refractivity contribution in [2.24, 2.45) is 5.92 Å². The van der Waals surface area contributed by atoms with Crippen LogP contribution in [0.4, 0.5) is 0 Å². The van der Waals surface area contributed by atoms with Crippen LogP contribution in [-0.4, -0.2) is 37.5 Å². The summed E-state index contributed by atoms with van der Waals surface area (Å²) in [6.07, 6.45) is 3.37. The summed E-state index contributed by atoms with van der Waals surface area (Å²) in [6, 6.07) is 2.56. The Morgan fingerprint density at radius 1 is 1.63 bits per heavy atom. The van der Waals surface area contributed by atoms with Crippen molar-refractivity contribution < 1.29 is 17.9 Å². The number of nitrogens with zero attached hydrogens (tertiary/aromatic N) is 1. The summed E-state index contributed by atoms with van der Waals surface area (Å²) in [6.45, 7) is 2.75. The van der Waals surface area contributed by atoms with E-state index in [0.29, 0.717) is 24.8 Å². The first-order valence-electron chi connectivity index (χ1n) is 6.44. The molecule has 0 aromatic carbocycles. The number of aliphatic hydroxyl groups is 1. The van der Waals surface area contributed by atoms with Crippen molar-refractivity contribution in [1.29, 1.82) is 0 Å². The van der Waals surface area contributed by atoms with E-state index in [1.54, 1.807) is 12.1 Å². The Balaban J connectivity index is 2.07. The highest BCUT2D eigenvalue weighted by Gasteiger charge is 2.30. The van der Waals surface area contributed by atoms with E-state index in [-0.39, 0.29) is 6.61 Å². The van der Waals surface area contributed by atoms with Gasteiger partial charge in [0, 0.05) is 13.1 Å². The topological polar surface area (TPSA) is 82.8 Å². The summed E-state index contributed by atoms with van der Waals surface area (Å²) in [5, 5.41) is 9.31. The zero-order valence-electron chi connectivity index (χ0n) is 10.9. The van der Waals surface area contributed by atoms with Crippen LogP contribution in [0.25, 0.3) is 0 Å². The van der Waals surface area contributed by atoms with Gasteiger partial charge in [-0.2, -0.15) is 17.4 Å². The second-order valence-electron chi connectivity index (χ2n) is 4.98. The van der Waals surface area contributed by atoms with Crippen molar-refractivity contribution in [3.63, 3.8) is 0 Å². The van der Waals surface area contributed by atoms with E-state index in [1.807, 2.05) is 6.92 Å². The monoisotopic (exact) mass is 288 g/mol. The smallest absolute Gasteiger partial charge is 0.280 e. The van der Waals surface area contributed by atoms with Crippen molar-refractivity contribution in [3.8, 4) is 0 Å². The summed E-state index contributed by atoms with van der Waals surface area (Å²) < 4.78 is 33.6. The normalized spacial score (nSPS) is 23.4. The molecule has 2 unspecified atom stereocenters. The molecule has 2 N–H and O–H groups in total. The van der Waals surface area contributed by atoms with E-state index in [9.17, 15) is 13.5 Å². The van der Waals surface area contributed by atoms with E-state index in [2.05, 4.69) is 4.72 Å². The van der Waals surface area contributed by atoms with Gasteiger partial charge in [0.2, 0.25) is 0 Å². The van der Waals surface area contributed by atoms with Gasteiger partial charge in [-0.05, 0) is 30.9 Å². The average molecular weight is 288 g/mol. The minimum absolute atomic E-state index is 0.337. The lowest BCUT2D eigenvalue weighted by Crippen LogP contribution is -2.47. The standard InChI is InChI=1S/C12H20N2O4S/c1-10-4-2-6-14(8-10)19(16,17)13-11(9-15)12-5-3-7-18-12/h3,5,7,10-11,13,15H,2,4,6,8-9H2,1H3. The third kappa shape index (κ3) is 3.56. The van der Waals surface area contributed by atoms with Gasteiger partial charge in [0.15, 0.2) is 0 Å². The molecule has 1 aliphatic heterocycles. The summed E-state index contributed by atoms with van der Waals surface area (Å²) in [7, 11) is -3.59. The van der Waals surface area contributed by atoms with Gasteiger partial charge >= 0.3 is 0 Å². The lowest BCUT2D eigenvalue weighted by atomic mass is 10.0. The average Bonchev–Trinajstić information content (AvgIpc) is 2.90. The summed E-state index contributed by atoms with van der Waals surface area (Å²) in [5.74, 6) is 0.776. The molecule has 0 radical (unpaired) electrons. The van der Waals surface area contributed by atoms with Gasteiger partial charge in [-0.3, -0.25) is 0 Å². The molecular formula is C12H20N2O4S. The highest BCUT2D eigenvalue weighted by atomic mass is 32.2. The fraction of sp³-hybridized carbons (Fsp3) is 0.667. The maximum absolute atomic E-state index is 12.3. The van der Waals surface area contributed by atoms with Gasteiger partial charge in [0.1, 0.15) is 11.8 Å². The minimum Gasteiger partial charge on any atom is -0.468 e. The zero-order chi connectivity index (χ0) is 13.9. The molecule has 2 heterocycles. The zero-order valence-corrected chi connectivity index (χ0v) is 11.8. The number of piperidine rings is 1. The van der Waals surface area contributed by atoms with Crippen molar-refractivity contribution in [1.82, 2.24) is 9.03 Å². The van der Waals surface area contributed by atoms with Crippen molar-refractivity contribution in [2.45, 2.75) is 25.8 Å².